The molecule has 0 aliphatic heterocycles. The zero-order chi connectivity index (χ0) is 12.4. The van der Waals surface area contributed by atoms with Crippen LogP contribution in [0.4, 0.5) is 0 Å². The molecule has 0 bridgehead atoms. The molecule has 0 fully saturated rings. The smallest absolute Gasteiger partial charge is 0.307 e. The van der Waals surface area contributed by atoms with Gasteiger partial charge in [-0.3, -0.25) is 14.7 Å². The largest absolute Gasteiger partial charge is 0.450 e. The van der Waals surface area contributed by atoms with Crippen LogP contribution in [0.25, 0.3) is 0 Å². The minimum atomic E-state index is -0.492. The molecule has 0 aliphatic carbocycles. The number of halogens is 1. The molecule has 0 atom stereocenters. The van der Waals surface area contributed by atoms with E-state index >= 15 is 0 Å². The van der Waals surface area contributed by atoms with E-state index in [1.165, 1.54) is 25.4 Å². The van der Waals surface area contributed by atoms with Gasteiger partial charge in [0.1, 0.15) is 10.9 Å². The summed E-state index contributed by atoms with van der Waals surface area (Å²) in [6, 6.07) is 3.02. The second-order valence-corrected chi connectivity index (χ2v) is 3.63. The number of nitrogens with one attached hydrogen (secondary N) is 1. The molecule has 0 radical (unpaired) electrons. The molecule has 1 N–H and O–H groups in total. The van der Waals surface area contributed by atoms with Crippen LogP contribution in [0.1, 0.15) is 11.7 Å². The maximum atomic E-state index is 11.4. The fraction of sp³-hybridized carbons (Fsp3) is 0.100. The monoisotopic (exact) mass is 253 g/mol. The van der Waals surface area contributed by atoms with Gasteiger partial charge < -0.3 is 4.74 Å². The quantitative estimate of drug-likeness (QED) is 0.826. The SMILES string of the molecule is CC(=O)n1cc(Oc2ccnc(Cl)c2)c(=O)[nH]1. The van der Waals surface area contributed by atoms with E-state index in [1.54, 1.807) is 6.07 Å². The van der Waals surface area contributed by atoms with Crippen molar-refractivity contribution in [3.8, 4) is 11.5 Å². The number of H-pyrrole nitrogens is 1. The lowest BCUT2D eigenvalue weighted by atomic mass is 10.4. The molecule has 0 saturated carbocycles. The van der Waals surface area contributed by atoms with Crippen LogP contribution in [0.15, 0.2) is 29.3 Å². The number of carbonyl (C=O) groups is 1. The zero-order valence-electron chi connectivity index (χ0n) is 8.81. The molecular weight excluding hydrogens is 246 g/mol. The van der Waals surface area contributed by atoms with Gasteiger partial charge in [0, 0.05) is 19.2 Å². The van der Waals surface area contributed by atoms with Crippen LogP contribution in [0.5, 0.6) is 11.5 Å². The summed E-state index contributed by atoms with van der Waals surface area (Å²) in [5.74, 6) is 0.0731. The molecule has 0 amide bonds. The van der Waals surface area contributed by atoms with Crippen LogP contribution < -0.4 is 10.3 Å². The highest BCUT2D eigenvalue weighted by Crippen LogP contribution is 2.19. The predicted octanol–water partition coefficient (Wildman–Crippen LogP) is 1.68. The van der Waals surface area contributed by atoms with Gasteiger partial charge in [-0.25, -0.2) is 9.67 Å². The van der Waals surface area contributed by atoms with Crippen LogP contribution in [0.3, 0.4) is 0 Å². The van der Waals surface area contributed by atoms with E-state index in [9.17, 15) is 9.59 Å². The van der Waals surface area contributed by atoms with E-state index in [0.29, 0.717) is 5.75 Å². The van der Waals surface area contributed by atoms with Gasteiger partial charge >= 0.3 is 5.56 Å². The molecule has 2 aromatic heterocycles. The summed E-state index contributed by atoms with van der Waals surface area (Å²) < 4.78 is 6.32. The van der Waals surface area contributed by atoms with Gasteiger partial charge in [-0.05, 0) is 6.07 Å². The fourth-order valence-electron chi connectivity index (χ4n) is 1.19. The standard InChI is InChI=1S/C10H8ClN3O3/c1-6(15)14-5-8(10(16)13-14)17-7-2-3-12-9(11)4-7/h2-5H,1H3,(H,13,16). The average Bonchev–Trinajstić information content (AvgIpc) is 2.61. The topological polar surface area (TPSA) is 77.0 Å². The molecule has 2 heterocycles. The van der Waals surface area contributed by atoms with E-state index in [0.717, 1.165) is 4.68 Å². The van der Waals surface area contributed by atoms with Gasteiger partial charge in [0.15, 0.2) is 0 Å². The maximum absolute atomic E-state index is 11.4. The first-order valence-corrected chi connectivity index (χ1v) is 5.06. The summed E-state index contributed by atoms with van der Waals surface area (Å²) in [4.78, 5) is 26.2. The van der Waals surface area contributed by atoms with Gasteiger partial charge in [0.2, 0.25) is 11.7 Å². The minimum Gasteiger partial charge on any atom is -0.450 e. The van der Waals surface area contributed by atoms with Crippen molar-refractivity contribution in [3.63, 3.8) is 0 Å². The molecule has 0 unspecified atom stereocenters. The summed E-state index contributed by atoms with van der Waals surface area (Å²) >= 11 is 5.67. The molecule has 0 aliphatic rings. The lowest BCUT2D eigenvalue weighted by molar-refractivity contribution is 0.0920. The highest BCUT2D eigenvalue weighted by molar-refractivity contribution is 6.29. The van der Waals surface area contributed by atoms with Gasteiger partial charge in [-0.15, -0.1) is 0 Å². The molecule has 6 nitrogen and oxygen atoms in total. The Morgan fingerprint density at radius 2 is 2.35 bits per heavy atom. The van der Waals surface area contributed by atoms with Crippen molar-refractivity contribution in [3.05, 3.63) is 40.0 Å². The Kier molecular flexibility index (Phi) is 2.97. The average molecular weight is 254 g/mol. The third kappa shape index (κ3) is 2.54. The number of ether oxygens (including phenoxy) is 1. The molecule has 2 rings (SSSR count). The minimum absolute atomic E-state index is 0.0162. The van der Waals surface area contributed by atoms with Crippen LogP contribution in [-0.4, -0.2) is 20.7 Å². The van der Waals surface area contributed by atoms with Gasteiger partial charge in [-0.1, -0.05) is 11.6 Å². The van der Waals surface area contributed by atoms with E-state index in [2.05, 4.69) is 10.1 Å². The third-order valence-corrected chi connectivity index (χ3v) is 2.16. The van der Waals surface area contributed by atoms with Gasteiger partial charge in [0.05, 0.1) is 6.20 Å². The molecule has 88 valence electrons. The zero-order valence-corrected chi connectivity index (χ0v) is 9.56. The molecule has 0 spiro atoms. The Morgan fingerprint density at radius 3 is 2.94 bits per heavy atom. The number of nitrogens with zero attached hydrogens (tertiary/aromatic N) is 2. The number of aromatic amines is 1. The highest BCUT2D eigenvalue weighted by Gasteiger charge is 2.09. The number of hydrogen-bond acceptors (Lipinski definition) is 4. The van der Waals surface area contributed by atoms with Crippen molar-refractivity contribution >= 4 is 17.5 Å². The fourth-order valence-corrected chi connectivity index (χ4v) is 1.35. The Bertz CT molecular complexity index is 617. The van der Waals surface area contributed by atoms with E-state index in [1.807, 2.05) is 0 Å². The van der Waals surface area contributed by atoms with Crippen molar-refractivity contribution in [1.82, 2.24) is 14.8 Å². The van der Waals surface area contributed by atoms with Crippen molar-refractivity contribution < 1.29 is 9.53 Å². The predicted molar refractivity (Wildman–Crippen MR) is 60.7 cm³/mol. The number of hydrogen-bond donors (Lipinski definition) is 1. The van der Waals surface area contributed by atoms with Gasteiger partial charge in [-0.2, -0.15) is 0 Å². The highest BCUT2D eigenvalue weighted by atomic mass is 35.5. The van der Waals surface area contributed by atoms with Crippen LogP contribution in [-0.2, 0) is 0 Å². The molecule has 17 heavy (non-hydrogen) atoms. The lowest BCUT2D eigenvalue weighted by Crippen LogP contribution is -2.10. The second kappa shape index (κ2) is 4.42. The van der Waals surface area contributed by atoms with E-state index < -0.39 is 5.56 Å². The van der Waals surface area contributed by atoms with Crippen LogP contribution >= 0.6 is 11.6 Å². The first-order chi connectivity index (χ1) is 8.06. The lowest BCUT2D eigenvalue weighted by Gasteiger charge is -2.00. The molecule has 0 aromatic carbocycles. The Hall–Kier alpha value is -2.08. The molecule has 0 saturated heterocycles. The van der Waals surface area contributed by atoms with E-state index in [-0.39, 0.29) is 16.8 Å². The number of carbonyl (C=O) groups excluding carboxylic acids is 1. The molecular formula is C10H8ClN3O3. The summed E-state index contributed by atoms with van der Waals surface area (Å²) in [6.45, 7) is 1.32. The number of aromatic nitrogens is 3. The Balaban J connectivity index is 2.30. The maximum Gasteiger partial charge on any atom is 0.307 e. The van der Waals surface area contributed by atoms with Crippen LogP contribution in [0.2, 0.25) is 5.15 Å². The molecule has 7 heteroatoms. The van der Waals surface area contributed by atoms with Crippen molar-refractivity contribution in [2.24, 2.45) is 0 Å². The summed E-state index contributed by atoms with van der Waals surface area (Å²) in [5, 5.41) is 2.57. The first kappa shape index (κ1) is 11.4. The normalized spacial score (nSPS) is 10.2. The Labute approximate surface area is 101 Å². The van der Waals surface area contributed by atoms with Crippen molar-refractivity contribution in [2.75, 3.05) is 0 Å². The van der Waals surface area contributed by atoms with Crippen LogP contribution in [0, 0.1) is 0 Å². The van der Waals surface area contributed by atoms with E-state index in [4.69, 9.17) is 16.3 Å². The first-order valence-electron chi connectivity index (χ1n) is 4.68. The summed E-state index contributed by atoms with van der Waals surface area (Å²) in [6.07, 6.45) is 2.73. The van der Waals surface area contributed by atoms with Gasteiger partial charge in [0.25, 0.3) is 0 Å². The number of rotatable bonds is 2. The second-order valence-electron chi connectivity index (χ2n) is 3.24. The molecule has 2 aromatic rings. The van der Waals surface area contributed by atoms with Crippen molar-refractivity contribution in [1.29, 1.82) is 0 Å². The number of pyridine rings is 1. The van der Waals surface area contributed by atoms with Crippen molar-refractivity contribution in [2.45, 2.75) is 6.92 Å². The summed E-state index contributed by atoms with van der Waals surface area (Å²) in [7, 11) is 0. The summed E-state index contributed by atoms with van der Waals surface area (Å²) in [5.41, 5.74) is -0.492. The third-order valence-electron chi connectivity index (χ3n) is 1.96. The Morgan fingerprint density at radius 1 is 1.59 bits per heavy atom.